The maximum atomic E-state index is 5.79. The quantitative estimate of drug-likeness (QED) is 0.808. The normalized spacial score (nSPS) is 18.0. The van der Waals surface area contributed by atoms with Crippen molar-refractivity contribution in [2.24, 2.45) is 0 Å². The maximum absolute atomic E-state index is 5.79. The van der Waals surface area contributed by atoms with E-state index in [0.29, 0.717) is 0 Å². The minimum Gasteiger partial charge on any atom is -0.492 e. The molecule has 104 valence electrons. The Hall–Kier alpha value is -1.32. The first-order valence-corrected chi connectivity index (χ1v) is 7.04. The Kier molecular flexibility index (Phi) is 5.43. The zero-order chi connectivity index (χ0) is 13.5. The summed E-state index contributed by atoms with van der Waals surface area (Å²) in [7, 11) is 2.18. The van der Waals surface area contributed by atoms with Gasteiger partial charge in [0.25, 0.3) is 0 Å². The van der Waals surface area contributed by atoms with E-state index in [2.05, 4.69) is 35.1 Å². The summed E-state index contributed by atoms with van der Waals surface area (Å²) in [6.07, 6.45) is 4.14. The number of nitrogens with zero attached hydrogens (tertiary/aromatic N) is 2. The first-order valence-electron chi connectivity index (χ1n) is 7.04. The molecule has 0 spiro atoms. The predicted molar refractivity (Wildman–Crippen MR) is 80.6 cm³/mol. The number of piperazine rings is 1. The monoisotopic (exact) mass is 260 g/mol. The van der Waals surface area contributed by atoms with Gasteiger partial charge in [0.1, 0.15) is 12.4 Å². The van der Waals surface area contributed by atoms with Gasteiger partial charge in [0, 0.05) is 32.7 Å². The van der Waals surface area contributed by atoms with Crippen molar-refractivity contribution in [2.75, 3.05) is 46.4 Å². The molecule has 0 atom stereocenters. The van der Waals surface area contributed by atoms with Crippen LogP contribution in [0.15, 0.2) is 30.3 Å². The molecule has 0 saturated carbocycles. The van der Waals surface area contributed by atoms with Crippen LogP contribution in [0.1, 0.15) is 12.5 Å². The third kappa shape index (κ3) is 4.69. The summed E-state index contributed by atoms with van der Waals surface area (Å²) in [4.78, 5) is 4.84. The summed E-state index contributed by atoms with van der Waals surface area (Å²) in [6, 6.07) is 8.26. The number of rotatable bonds is 5. The molecule has 1 aromatic carbocycles. The van der Waals surface area contributed by atoms with Gasteiger partial charge in [0.15, 0.2) is 0 Å². The van der Waals surface area contributed by atoms with Gasteiger partial charge in [0.05, 0.1) is 0 Å². The second-order valence-electron chi connectivity index (χ2n) is 5.06. The average Bonchev–Trinajstić information content (AvgIpc) is 2.43. The number of hydrogen-bond acceptors (Lipinski definition) is 3. The fourth-order valence-corrected chi connectivity index (χ4v) is 2.23. The van der Waals surface area contributed by atoms with Crippen LogP contribution >= 0.6 is 0 Å². The van der Waals surface area contributed by atoms with Gasteiger partial charge in [-0.3, -0.25) is 4.90 Å². The summed E-state index contributed by atoms with van der Waals surface area (Å²) >= 11 is 0. The van der Waals surface area contributed by atoms with Crippen molar-refractivity contribution in [3.05, 3.63) is 35.9 Å². The largest absolute Gasteiger partial charge is 0.492 e. The van der Waals surface area contributed by atoms with Crippen LogP contribution in [0.25, 0.3) is 6.08 Å². The van der Waals surface area contributed by atoms with E-state index in [9.17, 15) is 0 Å². The Morgan fingerprint density at radius 3 is 2.42 bits per heavy atom. The minimum atomic E-state index is 0.771. The SMILES string of the molecule is CC=Cc1ccc(OCCN2CCN(C)CC2)cc1. The Balaban J connectivity index is 1.70. The van der Waals surface area contributed by atoms with Gasteiger partial charge in [-0.05, 0) is 31.7 Å². The topological polar surface area (TPSA) is 15.7 Å². The first kappa shape index (κ1) is 14.1. The van der Waals surface area contributed by atoms with Crippen molar-refractivity contribution >= 4 is 6.08 Å². The van der Waals surface area contributed by atoms with Crippen molar-refractivity contribution in [2.45, 2.75) is 6.92 Å². The lowest BCUT2D eigenvalue weighted by atomic mass is 10.2. The first-order chi connectivity index (χ1) is 9.28. The molecule has 0 N–H and O–H groups in total. The second kappa shape index (κ2) is 7.31. The van der Waals surface area contributed by atoms with Crippen molar-refractivity contribution in [1.82, 2.24) is 9.80 Å². The molecule has 1 saturated heterocycles. The minimum absolute atomic E-state index is 0.771. The molecule has 0 aromatic heterocycles. The summed E-state index contributed by atoms with van der Waals surface area (Å²) in [5.41, 5.74) is 1.22. The van der Waals surface area contributed by atoms with Crippen LogP contribution in [0.3, 0.4) is 0 Å². The maximum Gasteiger partial charge on any atom is 0.119 e. The van der Waals surface area contributed by atoms with E-state index >= 15 is 0 Å². The Bertz CT molecular complexity index is 392. The number of hydrogen-bond donors (Lipinski definition) is 0. The Morgan fingerprint density at radius 1 is 1.11 bits per heavy atom. The Labute approximate surface area is 116 Å². The molecule has 0 aliphatic carbocycles. The van der Waals surface area contributed by atoms with Gasteiger partial charge in [-0.1, -0.05) is 24.3 Å². The van der Waals surface area contributed by atoms with Crippen LogP contribution in [0.5, 0.6) is 5.75 Å². The molecule has 0 unspecified atom stereocenters. The van der Waals surface area contributed by atoms with E-state index in [1.165, 1.54) is 5.56 Å². The fraction of sp³-hybridized carbons (Fsp3) is 0.500. The number of benzene rings is 1. The number of ether oxygens (including phenoxy) is 1. The second-order valence-corrected chi connectivity index (χ2v) is 5.06. The van der Waals surface area contributed by atoms with Gasteiger partial charge in [-0.15, -0.1) is 0 Å². The van der Waals surface area contributed by atoms with Crippen LogP contribution in [-0.2, 0) is 0 Å². The zero-order valence-corrected chi connectivity index (χ0v) is 12.0. The summed E-state index contributed by atoms with van der Waals surface area (Å²) in [5, 5.41) is 0. The molecular weight excluding hydrogens is 236 g/mol. The number of allylic oxidation sites excluding steroid dienone is 1. The zero-order valence-electron chi connectivity index (χ0n) is 12.0. The van der Waals surface area contributed by atoms with E-state index in [1.807, 2.05) is 25.1 Å². The molecule has 1 aliphatic rings. The smallest absolute Gasteiger partial charge is 0.119 e. The van der Waals surface area contributed by atoms with Crippen LogP contribution in [0, 0.1) is 0 Å². The molecular formula is C16H24N2O. The lowest BCUT2D eigenvalue weighted by Crippen LogP contribution is -2.45. The molecule has 1 aromatic rings. The van der Waals surface area contributed by atoms with Gasteiger partial charge >= 0.3 is 0 Å². The van der Waals surface area contributed by atoms with E-state index in [0.717, 1.165) is 45.1 Å². The van der Waals surface area contributed by atoms with Crippen molar-refractivity contribution in [3.63, 3.8) is 0 Å². The molecule has 1 fully saturated rings. The third-order valence-corrected chi connectivity index (χ3v) is 3.51. The molecule has 1 heterocycles. The van der Waals surface area contributed by atoms with Gasteiger partial charge in [0.2, 0.25) is 0 Å². The van der Waals surface area contributed by atoms with Crippen LogP contribution in [0.2, 0.25) is 0 Å². The summed E-state index contributed by atoms with van der Waals surface area (Å²) < 4.78 is 5.79. The highest BCUT2D eigenvalue weighted by Crippen LogP contribution is 2.13. The van der Waals surface area contributed by atoms with Crippen molar-refractivity contribution < 1.29 is 4.74 Å². The Morgan fingerprint density at radius 2 is 1.79 bits per heavy atom. The summed E-state index contributed by atoms with van der Waals surface area (Å²) in [5.74, 6) is 0.961. The van der Waals surface area contributed by atoms with Crippen LogP contribution < -0.4 is 4.74 Å². The molecule has 19 heavy (non-hydrogen) atoms. The van der Waals surface area contributed by atoms with E-state index in [4.69, 9.17) is 4.74 Å². The molecule has 0 bridgehead atoms. The van der Waals surface area contributed by atoms with Crippen LogP contribution in [-0.4, -0.2) is 56.2 Å². The van der Waals surface area contributed by atoms with Crippen LogP contribution in [0.4, 0.5) is 0 Å². The molecule has 1 aliphatic heterocycles. The van der Waals surface area contributed by atoms with Gasteiger partial charge in [-0.25, -0.2) is 0 Å². The molecule has 3 heteroatoms. The third-order valence-electron chi connectivity index (χ3n) is 3.51. The highest BCUT2D eigenvalue weighted by atomic mass is 16.5. The highest BCUT2D eigenvalue weighted by Gasteiger charge is 2.12. The van der Waals surface area contributed by atoms with Crippen molar-refractivity contribution in [1.29, 1.82) is 0 Å². The van der Waals surface area contributed by atoms with Gasteiger partial charge in [-0.2, -0.15) is 0 Å². The standard InChI is InChI=1S/C16H24N2O/c1-3-4-15-5-7-16(8-6-15)19-14-13-18-11-9-17(2)10-12-18/h3-8H,9-14H2,1-2H3. The van der Waals surface area contributed by atoms with E-state index in [-0.39, 0.29) is 0 Å². The van der Waals surface area contributed by atoms with Crippen molar-refractivity contribution in [3.8, 4) is 5.75 Å². The average molecular weight is 260 g/mol. The predicted octanol–water partition coefficient (Wildman–Crippen LogP) is 2.35. The highest BCUT2D eigenvalue weighted by molar-refractivity contribution is 5.50. The lowest BCUT2D eigenvalue weighted by molar-refractivity contribution is 0.134. The van der Waals surface area contributed by atoms with E-state index in [1.54, 1.807) is 0 Å². The fourth-order valence-electron chi connectivity index (χ4n) is 2.23. The molecule has 0 amide bonds. The molecule has 3 nitrogen and oxygen atoms in total. The van der Waals surface area contributed by atoms with E-state index < -0.39 is 0 Å². The summed E-state index contributed by atoms with van der Waals surface area (Å²) in [6.45, 7) is 8.45. The lowest BCUT2D eigenvalue weighted by Gasteiger charge is -2.32. The van der Waals surface area contributed by atoms with Gasteiger partial charge < -0.3 is 9.64 Å². The number of likely N-dealkylation sites (N-methyl/N-ethyl adjacent to an activating group) is 1. The molecule has 2 rings (SSSR count). The molecule has 0 radical (unpaired) electrons.